The van der Waals surface area contributed by atoms with E-state index in [1.165, 1.54) is 5.06 Å². The van der Waals surface area contributed by atoms with Crippen molar-refractivity contribution >= 4 is 29.8 Å². The first kappa shape index (κ1) is 49.8. The van der Waals surface area contributed by atoms with Crippen molar-refractivity contribution in [1.29, 1.82) is 0 Å². The molecule has 6 aliphatic rings. The summed E-state index contributed by atoms with van der Waals surface area (Å²) >= 11 is 0. The van der Waals surface area contributed by atoms with Crippen molar-refractivity contribution in [2.45, 2.75) is 145 Å². The summed E-state index contributed by atoms with van der Waals surface area (Å²) in [5, 5.41) is 57.4. The Labute approximate surface area is 404 Å². The zero-order valence-corrected chi connectivity index (χ0v) is 39.2. The predicted molar refractivity (Wildman–Crippen MR) is 244 cm³/mol. The van der Waals surface area contributed by atoms with Gasteiger partial charge in [-0.25, -0.2) is 0 Å². The molecule has 4 heterocycles. The summed E-state index contributed by atoms with van der Waals surface area (Å²) < 4.78 is 36.2. The van der Waals surface area contributed by atoms with Crippen LogP contribution < -0.4 is 10.6 Å². The average molecular weight is 972 g/mol. The number of amides is 2. The third kappa shape index (κ3) is 10.0. The highest BCUT2D eigenvalue weighted by Crippen LogP contribution is 2.58. The largest absolute Gasteiger partial charge is 0.460 e. The van der Waals surface area contributed by atoms with Crippen LogP contribution in [0.5, 0.6) is 0 Å². The van der Waals surface area contributed by atoms with E-state index in [-0.39, 0.29) is 44.5 Å². The van der Waals surface area contributed by atoms with Crippen molar-refractivity contribution in [2.75, 3.05) is 19.8 Å². The Bertz CT molecular complexity index is 2430. The number of esters is 2. The van der Waals surface area contributed by atoms with Crippen molar-refractivity contribution in [1.82, 2.24) is 15.7 Å². The van der Waals surface area contributed by atoms with Crippen molar-refractivity contribution in [3.8, 4) is 0 Å². The summed E-state index contributed by atoms with van der Waals surface area (Å²) in [6.07, 6.45) is -5.68. The van der Waals surface area contributed by atoms with Crippen molar-refractivity contribution in [3.63, 3.8) is 0 Å². The number of benzene rings is 3. The monoisotopic (exact) mass is 971 g/mol. The van der Waals surface area contributed by atoms with Crippen LogP contribution in [0.2, 0.25) is 0 Å². The van der Waals surface area contributed by atoms with E-state index in [4.69, 9.17) is 33.3 Å². The molecule has 0 radical (unpaired) electrons. The van der Waals surface area contributed by atoms with E-state index in [1.807, 2.05) is 48.5 Å². The lowest BCUT2D eigenvalue weighted by Gasteiger charge is -2.48. The van der Waals surface area contributed by atoms with Crippen LogP contribution in [0.3, 0.4) is 0 Å². The van der Waals surface area contributed by atoms with Gasteiger partial charge in [-0.15, -0.1) is 0 Å². The molecular formula is C51H61N3O16. The second-order valence-corrected chi connectivity index (χ2v) is 20.0. The number of carbonyl (C=O) groups excluding carboxylic acids is 4. The zero-order valence-electron chi connectivity index (χ0n) is 39.2. The minimum Gasteiger partial charge on any atom is -0.460 e. The predicted octanol–water partition coefficient (Wildman–Crippen LogP) is 1.12. The summed E-state index contributed by atoms with van der Waals surface area (Å²) in [4.78, 5) is 61.9. The summed E-state index contributed by atoms with van der Waals surface area (Å²) in [6, 6.07) is 20.1. The van der Waals surface area contributed by atoms with Gasteiger partial charge in [-0.3, -0.25) is 24.0 Å². The molecule has 2 aliphatic carbocycles. The molecule has 1 spiro atoms. The fraction of sp³-hybridized carbons (Fsp3) is 0.529. The Kier molecular flexibility index (Phi) is 14.3. The molecule has 5 fully saturated rings. The Morgan fingerprint density at radius 2 is 1.64 bits per heavy atom. The van der Waals surface area contributed by atoms with Gasteiger partial charge in [-0.2, -0.15) is 5.06 Å². The number of hydroxylamine groups is 2. The molecule has 3 aromatic rings. The molecule has 12 unspecified atom stereocenters. The number of fused-ring (bicyclic) bond motifs is 5. The average Bonchev–Trinajstić information content (AvgIpc) is 4.01. The Hall–Kier alpha value is -5.16. The molecule has 7 N–H and O–H groups in total. The molecule has 2 bridgehead atoms. The number of hydrogen-bond donors (Lipinski definition) is 7. The highest BCUT2D eigenvalue weighted by atomic mass is 16.8. The maximum atomic E-state index is 15.1. The normalized spacial score (nSPS) is 31.2. The second-order valence-electron chi connectivity index (χ2n) is 20.0. The SMILES string of the molecule is CC(C)(C)OC(=O)CCC(CO)NC(=O)c1cccc(CNC(=O)C23CC4OC(=O)C2N(Cc2cccc(C=CCOC5OC(CO)C(O)C(O)C5O)c2)OC3C2OC3(Cc5ccccc5C3)OC42)c1. The zero-order chi connectivity index (χ0) is 49.5. The van der Waals surface area contributed by atoms with E-state index >= 15 is 4.79 Å². The van der Waals surface area contributed by atoms with Crippen LogP contribution in [0.1, 0.15) is 78.2 Å². The molecular weight excluding hydrogens is 911 g/mol. The minimum absolute atomic E-state index is 0.000576. The Morgan fingerprint density at radius 3 is 2.37 bits per heavy atom. The molecule has 1 saturated carbocycles. The van der Waals surface area contributed by atoms with Gasteiger partial charge in [0.2, 0.25) is 5.91 Å². The van der Waals surface area contributed by atoms with E-state index in [1.54, 1.807) is 57.2 Å². The second kappa shape index (κ2) is 20.2. The molecule has 9 rings (SSSR count). The Morgan fingerprint density at radius 1 is 0.914 bits per heavy atom. The quantitative estimate of drug-likeness (QED) is 0.0993. The van der Waals surface area contributed by atoms with E-state index in [2.05, 4.69) is 10.6 Å². The maximum absolute atomic E-state index is 15.1. The molecule has 4 aliphatic heterocycles. The van der Waals surface area contributed by atoms with Gasteiger partial charge in [0.15, 0.2) is 18.1 Å². The van der Waals surface area contributed by atoms with Crippen molar-refractivity contribution < 1.29 is 78.0 Å². The molecule has 19 nitrogen and oxygen atoms in total. The van der Waals surface area contributed by atoms with Gasteiger partial charge < -0.3 is 64.6 Å². The molecule has 19 heteroatoms. The fourth-order valence-corrected chi connectivity index (χ4v) is 10.6. The first-order valence-electron chi connectivity index (χ1n) is 23.7. The summed E-state index contributed by atoms with van der Waals surface area (Å²) in [7, 11) is 0. The van der Waals surface area contributed by atoms with Crippen LogP contribution >= 0.6 is 0 Å². The van der Waals surface area contributed by atoms with Gasteiger partial charge in [-0.05, 0) is 67.1 Å². The number of ether oxygens (including phenoxy) is 6. The van der Waals surface area contributed by atoms with Crippen molar-refractivity contribution in [3.05, 3.63) is 112 Å². The van der Waals surface area contributed by atoms with Crippen LogP contribution in [-0.4, -0.2) is 153 Å². The number of aliphatic hydroxyl groups is 5. The number of nitrogens with one attached hydrogen (secondary N) is 2. The van der Waals surface area contributed by atoms with E-state index < -0.39 is 121 Å². The van der Waals surface area contributed by atoms with Crippen LogP contribution in [0.25, 0.3) is 6.08 Å². The topological polar surface area (TPSA) is 261 Å². The third-order valence-electron chi connectivity index (χ3n) is 13.8. The van der Waals surface area contributed by atoms with E-state index in [0.29, 0.717) is 18.4 Å². The summed E-state index contributed by atoms with van der Waals surface area (Å²) in [6.45, 7) is 4.31. The van der Waals surface area contributed by atoms with Crippen molar-refractivity contribution in [2.24, 2.45) is 5.41 Å². The van der Waals surface area contributed by atoms with Crippen LogP contribution in [0.15, 0.2) is 78.9 Å². The van der Waals surface area contributed by atoms with E-state index in [9.17, 15) is 39.9 Å². The molecule has 12 atom stereocenters. The minimum atomic E-state index is -1.57. The lowest BCUT2D eigenvalue weighted by atomic mass is 9.62. The molecule has 376 valence electrons. The van der Waals surface area contributed by atoms with Crippen LogP contribution in [0, 0.1) is 5.41 Å². The molecule has 2 amide bonds. The maximum Gasteiger partial charge on any atom is 0.327 e. The molecule has 0 aromatic heterocycles. The van der Waals surface area contributed by atoms with Gasteiger partial charge in [0, 0.05) is 37.8 Å². The number of rotatable bonds is 16. The first-order chi connectivity index (χ1) is 33.5. The lowest BCUT2D eigenvalue weighted by molar-refractivity contribution is -0.298. The standard InChI is InChI=1S/C51H61N3O16/c1-49(2,3)67-37(57)17-16-34(26-55)53-45(61)31-15-7-10-29(20-31)24-52-48(63)51-23-35-41-42(69-50(68-41)21-32-13-4-5-14-33(32)22-50)44(51)70-54(43(51)46(62)65-35)25-30-11-6-9-28(19-30)12-8-18-64-47-40(60)39(59)38(58)36(27-56)66-47/h4-15,19-20,34-36,38-44,47,55-56,58-60H,16-18,21-27H2,1-3H3,(H,52,63)(H,53,61). The number of carbonyl (C=O) groups is 4. The third-order valence-corrected chi connectivity index (χ3v) is 13.8. The van der Waals surface area contributed by atoms with Crippen LogP contribution in [-0.2, 0) is 73.6 Å². The number of nitrogens with zero attached hydrogens (tertiary/aromatic N) is 1. The fourth-order valence-electron chi connectivity index (χ4n) is 10.6. The first-order valence-corrected chi connectivity index (χ1v) is 23.7. The van der Waals surface area contributed by atoms with Gasteiger partial charge in [0.1, 0.15) is 59.8 Å². The van der Waals surface area contributed by atoms with Gasteiger partial charge in [0.05, 0.1) is 32.4 Å². The number of aliphatic hydroxyl groups excluding tert-OH is 5. The lowest BCUT2D eigenvalue weighted by Crippen LogP contribution is -2.69. The summed E-state index contributed by atoms with van der Waals surface area (Å²) in [5.41, 5.74) is 2.34. The van der Waals surface area contributed by atoms with Gasteiger partial charge in [0.25, 0.3) is 5.91 Å². The molecule has 4 saturated heterocycles. The number of hydrogen-bond acceptors (Lipinski definition) is 17. The molecule has 70 heavy (non-hydrogen) atoms. The van der Waals surface area contributed by atoms with E-state index in [0.717, 1.165) is 22.3 Å². The highest BCUT2D eigenvalue weighted by Gasteiger charge is 2.76. The van der Waals surface area contributed by atoms with Gasteiger partial charge >= 0.3 is 11.9 Å². The Balaban J connectivity index is 0.916. The highest BCUT2D eigenvalue weighted by molar-refractivity contribution is 5.95. The molecule has 3 aromatic carbocycles. The van der Waals surface area contributed by atoms with Gasteiger partial charge in [-0.1, -0.05) is 72.8 Å². The smallest absolute Gasteiger partial charge is 0.327 e. The summed E-state index contributed by atoms with van der Waals surface area (Å²) in [5.74, 6) is -3.07. The van der Waals surface area contributed by atoms with Crippen LogP contribution in [0.4, 0.5) is 0 Å².